The molecule has 0 bridgehead atoms. The minimum Gasteiger partial charge on any atom is -0.335 e. The van der Waals surface area contributed by atoms with Gasteiger partial charge in [0.05, 0.1) is 16.0 Å². The molecule has 0 radical (unpaired) electrons. The van der Waals surface area contributed by atoms with Crippen molar-refractivity contribution in [3.05, 3.63) is 43.1 Å². The Bertz CT molecular complexity index is 614. The van der Waals surface area contributed by atoms with Crippen LogP contribution in [0.1, 0.15) is 0 Å². The third-order valence-electron chi connectivity index (χ3n) is 2.59. The second-order valence-electron chi connectivity index (χ2n) is 3.98. The van der Waals surface area contributed by atoms with Gasteiger partial charge in [0, 0.05) is 13.1 Å². The molecule has 0 aliphatic carbocycles. The average Bonchev–Trinajstić information content (AvgIpc) is 2.93. The molecule has 0 saturated carbocycles. The van der Waals surface area contributed by atoms with Gasteiger partial charge in [0.25, 0.3) is 0 Å². The highest BCUT2D eigenvalue weighted by Crippen LogP contribution is 2.28. The largest absolute Gasteiger partial charge is 0.335 e. The van der Waals surface area contributed by atoms with E-state index >= 15 is 0 Å². The maximum absolute atomic E-state index is 12.1. The van der Waals surface area contributed by atoms with Gasteiger partial charge in [-0.1, -0.05) is 23.9 Å². The van der Waals surface area contributed by atoms with Gasteiger partial charge in [-0.2, -0.15) is 0 Å². The molecule has 2 rings (SSSR count). The molecule has 2 aromatic rings. The minimum atomic E-state index is 0.0538. The van der Waals surface area contributed by atoms with Gasteiger partial charge in [0.1, 0.15) is 11.4 Å². The highest BCUT2D eigenvalue weighted by molar-refractivity contribution is 8.00. The summed E-state index contributed by atoms with van der Waals surface area (Å²) in [5.41, 5.74) is 0.925. The molecule has 0 saturated heterocycles. The Morgan fingerprint density at radius 3 is 2.80 bits per heavy atom. The fourth-order valence-corrected chi connectivity index (χ4v) is 3.53. The van der Waals surface area contributed by atoms with Crippen LogP contribution in [-0.4, -0.2) is 39.6 Å². The lowest BCUT2D eigenvalue weighted by Crippen LogP contribution is -2.32. The molecule has 0 spiro atoms. The molecule has 1 amide bonds. The molecule has 0 aliphatic rings. The van der Waals surface area contributed by atoms with Gasteiger partial charge >= 0.3 is 0 Å². The van der Waals surface area contributed by atoms with Crippen molar-refractivity contribution >= 4 is 39.2 Å². The summed E-state index contributed by atoms with van der Waals surface area (Å²) in [4.78, 5) is 22.3. The highest BCUT2D eigenvalue weighted by Gasteiger charge is 2.13. The van der Waals surface area contributed by atoms with Crippen molar-refractivity contribution < 1.29 is 4.79 Å². The normalized spacial score (nSPS) is 10.4. The van der Waals surface area contributed by atoms with Crippen LogP contribution in [0.3, 0.4) is 0 Å². The van der Waals surface area contributed by atoms with Crippen LogP contribution < -0.4 is 0 Å². The Labute approximate surface area is 126 Å². The molecular formula is C14H15N3OS2. The first-order valence-corrected chi connectivity index (χ1v) is 7.93. The van der Waals surface area contributed by atoms with Gasteiger partial charge in [-0.25, -0.2) is 9.97 Å². The summed E-state index contributed by atoms with van der Waals surface area (Å²) in [7, 11) is 0. The third kappa shape index (κ3) is 3.46. The van der Waals surface area contributed by atoms with Crippen LogP contribution in [0.5, 0.6) is 0 Å². The molecule has 0 aromatic carbocycles. The first-order valence-electron chi connectivity index (χ1n) is 6.06. The second-order valence-corrected chi connectivity index (χ2v) is 5.86. The van der Waals surface area contributed by atoms with Crippen LogP contribution >= 0.6 is 23.1 Å². The summed E-state index contributed by atoms with van der Waals surface area (Å²) in [6.07, 6.45) is 4.97. The van der Waals surface area contributed by atoms with Crippen molar-refractivity contribution in [2.24, 2.45) is 0 Å². The predicted octanol–water partition coefficient (Wildman–Crippen LogP) is 2.98. The summed E-state index contributed by atoms with van der Waals surface area (Å²) in [5.74, 6) is 0.407. The number of rotatable bonds is 7. The van der Waals surface area contributed by atoms with Crippen molar-refractivity contribution in [1.29, 1.82) is 0 Å². The summed E-state index contributed by atoms with van der Waals surface area (Å²) in [5, 5.41) is 2.84. The molecule has 4 nitrogen and oxygen atoms in total. The third-order valence-corrected chi connectivity index (χ3v) is 4.61. The molecule has 0 unspecified atom stereocenters. The number of fused-ring (bicyclic) bond motifs is 1. The van der Waals surface area contributed by atoms with E-state index in [1.807, 2.05) is 11.4 Å². The number of hydrogen-bond acceptors (Lipinski definition) is 5. The van der Waals surface area contributed by atoms with Crippen LogP contribution in [0, 0.1) is 0 Å². The van der Waals surface area contributed by atoms with Crippen LogP contribution in [0.4, 0.5) is 0 Å². The van der Waals surface area contributed by atoms with E-state index in [4.69, 9.17) is 0 Å². The summed E-state index contributed by atoms with van der Waals surface area (Å²) >= 11 is 3.03. The zero-order valence-corrected chi connectivity index (χ0v) is 12.6. The lowest BCUT2D eigenvalue weighted by Gasteiger charge is -2.18. The molecule has 0 fully saturated rings. The molecule has 2 aromatic heterocycles. The fourth-order valence-electron chi connectivity index (χ4n) is 1.68. The Kier molecular flexibility index (Phi) is 5.31. The number of amides is 1. The number of thioether (sulfide) groups is 1. The van der Waals surface area contributed by atoms with E-state index in [1.165, 1.54) is 18.1 Å². The summed E-state index contributed by atoms with van der Waals surface area (Å²) in [6, 6.07) is 1.95. The number of carbonyl (C=O) groups is 1. The number of nitrogens with zero attached hydrogens (tertiary/aromatic N) is 3. The highest BCUT2D eigenvalue weighted by atomic mass is 32.2. The smallest absolute Gasteiger partial charge is 0.233 e. The van der Waals surface area contributed by atoms with Gasteiger partial charge in [-0.3, -0.25) is 4.79 Å². The molecule has 20 heavy (non-hydrogen) atoms. The van der Waals surface area contributed by atoms with E-state index < -0.39 is 0 Å². The van der Waals surface area contributed by atoms with Crippen LogP contribution in [0.15, 0.2) is 48.1 Å². The SMILES string of the molecule is C=CCN(CC=C)C(=O)CSc1ncnc2ccsc12. The Balaban J connectivity index is 2.03. The van der Waals surface area contributed by atoms with Crippen LogP contribution in [0.25, 0.3) is 10.2 Å². The number of aromatic nitrogens is 2. The van der Waals surface area contributed by atoms with Crippen molar-refractivity contribution in [3.63, 3.8) is 0 Å². The molecule has 0 aliphatic heterocycles. The molecule has 2 heterocycles. The maximum Gasteiger partial charge on any atom is 0.233 e. The maximum atomic E-state index is 12.1. The van der Waals surface area contributed by atoms with Crippen molar-refractivity contribution in [3.8, 4) is 0 Å². The second kappa shape index (κ2) is 7.21. The summed E-state index contributed by atoms with van der Waals surface area (Å²) in [6.45, 7) is 8.39. The molecule has 104 valence electrons. The van der Waals surface area contributed by atoms with Crippen LogP contribution in [-0.2, 0) is 4.79 Å². The predicted molar refractivity (Wildman–Crippen MR) is 85.1 cm³/mol. The van der Waals surface area contributed by atoms with E-state index in [0.717, 1.165) is 15.2 Å². The van der Waals surface area contributed by atoms with Crippen molar-refractivity contribution in [2.75, 3.05) is 18.8 Å². The van der Waals surface area contributed by atoms with E-state index in [-0.39, 0.29) is 5.91 Å². The van der Waals surface area contributed by atoms with Crippen molar-refractivity contribution in [2.45, 2.75) is 5.03 Å². The van der Waals surface area contributed by atoms with E-state index in [1.54, 1.807) is 28.4 Å². The zero-order valence-electron chi connectivity index (χ0n) is 11.0. The molecular weight excluding hydrogens is 290 g/mol. The Hall–Kier alpha value is -1.66. The van der Waals surface area contributed by atoms with Crippen molar-refractivity contribution in [1.82, 2.24) is 14.9 Å². The van der Waals surface area contributed by atoms with Crippen LogP contribution in [0.2, 0.25) is 0 Å². The quantitative estimate of drug-likeness (QED) is 0.448. The minimum absolute atomic E-state index is 0.0538. The average molecular weight is 305 g/mol. The Morgan fingerprint density at radius 1 is 1.35 bits per heavy atom. The monoisotopic (exact) mass is 305 g/mol. The molecule has 6 heteroatoms. The number of hydrogen-bond donors (Lipinski definition) is 0. The molecule has 0 N–H and O–H groups in total. The topological polar surface area (TPSA) is 46.1 Å². The van der Waals surface area contributed by atoms with Gasteiger partial charge < -0.3 is 4.90 Å². The first kappa shape index (κ1) is 14.7. The van der Waals surface area contributed by atoms with Gasteiger partial charge in [0.15, 0.2) is 0 Å². The van der Waals surface area contributed by atoms with Gasteiger partial charge in [-0.15, -0.1) is 24.5 Å². The van der Waals surface area contributed by atoms with Gasteiger partial charge in [0.2, 0.25) is 5.91 Å². The lowest BCUT2D eigenvalue weighted by molar-refractivity contribution is -0.127. The number of thiophene rings is 1. The van der Waals surface area contributed by atoms with E-state index in [2.05, 4.69) is 23.1 Å². The first-order chi connectivity index (χ1) is 9.76. The fraction of sp³-hybridized carbons (Fsp3) is 0.214. The van der Waals surface area contributed by atoms with Gasteiger partial charge in [-0.05, 0) is 11.4 Å². The zero-order chi connectivity index (χ0) is 14.4. The van der Waals surface area contributed by atoms with E-state index in [0.29, 0.717) is 18.8 Å². The Morgan fingerprint density at radius 2 is 2.10 bits per heavy atom. The molecule has 0 atom stereocenters. The number of carbonyl (C=O) groups excluding carboxylic acids is 1. The lowest BCUT2D eigenvalue weighted by atomic mass is 10.4. The van der Waals surface area contributed by atoms with E-state index in [9.17, 15) is 4.79 Å². The summed E-state index contributed by atoms with van der Waals surface area (Å²) < 4.78 is 1.03. The standard InChI is InChI=1S/C14H15N3OS2/c1-3-6-17(7-4-2)12(18)9-20-14-13-11(5-8-19-13)15-10-16-14/h3-5,8,10H,1-2,6-7,9H2.